The lowest BCUT2D eigenvalue weighted by Crippen LogP contribution is -2.36. The molecular weight excluding hydrogens is 373 g/mol. The zero-order valence-electron chi connectivity index (χ0n) is 16.1. The van der Waals surface area contributed by atoms with E-state index in [0.717, 1.165) is 31.2 Å². The van der Waals surface area contributed by atoms with Gasteiger partial charge in [0.05, 0.1) is 17.6 Å². The number of pyridine rings is 1. The Morgan fingerprint density at radius 1 is 1.21 bits per heavy atom. The summed E-state index contributed by atoms with van der Waals surface area (Å²) in [6.45, 7) is 0. The van der Waals surface area contributed by atoms with E-state index in [-0.39, 0.29) is 17.8 Å². The van der Waals surface area contributed by atoms with E-state index in [0.29, 0.717) is 17.2 Å². The third-order valence-electron chi connectivity index (χ3n) is 4.85. The molecule has 0 aliphatic heterocycles. The molecule has 29 heavy (non-hydrogen) atoms. The predicted molar refractivity (Wildman–Crippen MR) is 107 cm³/mol. The normalized spacial score (nSPS) is 14.0. The van der Waals surface area contributed by atoms with Crippen LogP contribution < -0.4 is 15.4 Å². The Kier molecular flexibility index (Phi) is 5.41. The van der Waals surface area contributed by atoms with Crippen LogP contribution in [0, 0.1) is 5.82 Å². The first kappa shape index (κ1) is 18.9. The summed E-state index contributed by atoms with van der Waals surface area (Å²) in [6, 6.07) is 7.58. The third-order valence-corrected chi connectivity index (χ3v) is 4.85. The van der Waals surface area contributed by atoms with Crippen molar-refractivity contribution in [3.8, 4) is 22.8 Å². The van der Waals surface area contributed by atoms with Crippen LogP contribution in [-0.4, -0.2) is 26.8 Å². The Morgan fingerprint density at radius 3 is 2.72 bits per heavy atom. The van der Waals surface area contributed by atoms with Crippen LogP contribution in [0.15, 0.2) is 48.9 Å². The number of amides is 2. The van der Waals surface area contributed by atoms with Crippen molar-refractivity contribution >= 4 is 11.7 Å². The van der Waals surface area contributed by atoms with Crippen LogP contribution in [0.4, 0.5) is 14.9 Å². The molecule has 2 amide bonds. The number of carbonyl (C=O) groups is 1. The highest BCUT2D eigenvalue weighted by molar-refractivity contribution is 5.89. The quantitative estimate of drug-likeness (QED) is 0.668. The molecule has 0 spiro atoms. The van der Waals surface area contributed by atoms with Crippen molar-refractivity contribution in [2.24, 2.45) is 7.05 Å². The molecular formula is C21H22FN5O2. The fraction of sp³-hybridized carbons (Fsp3) is 0.286. The first-order valence-electron chi connectivity index (χ1n) is 9.57. The van der Waals surface area contributed by atoms with E-state index in [1.54, 1.807) is 35.3 Å². The van der Waals surface area contributed by atoms with Gasteiger partial charge in [-0.25, -0.2) is 9.18 Å². The van der Waals surface area contributed by atoms with Gasteiger partial charge in [0.25, 0.3) is 0 Å². The molecule has 7 nitrogen and oxygen atoms in total. The second-order valence-corrected chi connectivity index (χ2v) is 7.10. The molecule has 1 saturated carbocycles. The molecule has 0 radical (unpaired) electrons. The SMILES string of the molecule is Cn1cc(-c2cc(Oc3ccc(NC(=O)NC4CCCC4)c(F)c3)ccn2)cn1. The molecule has 2 heterocycles. The summed E-state index contributed by atoms with van der Waals surface area (Å²) in [5.41, 5.74) is 1.67. The van der Waals surface area contributed by atoms with E-state index in [1.165, 1.54) is 12.1 Å². The van der Waals surface area contributed by atoms with Gasteiger partial charge < -0.3 is 15.4 Å². The van der Waals surface area contributed by atoms with Gasteiger partial charge in [-0.3, -0.25) is 9.67 Å². The van der Waals surface area contributed by atoms with Gasteiger partial charge in [-0.2, -0.15) is 5.10 Å². The van der Waals surface area contributed by atoms with Gasteiger partial charge in [0, 0.05) is 43.2 Å². The highest BCUT2D eigenvalue weighted by atomic mass is 19.1. The van der Waals surface area contributed by atoms with E-state index >= 15 is 0 Å². The molecule has 2 aromatic heterocycles. The summed E-state index contributed by atoms with van der Waals surface area (Å²) >= 11 is 0. The smallest absolute Gasteiger partial charge is 0.319 e. The Labute approximate surface area is 167 Å². The number of nitrogens with one attached hydrogen (secondary N) is 2. The van der Waals surface area contributed by atoms with Crippen LogP contribution in [0.3, 0.4) is 0 Å². The molecule has 8 heteroatoms. The minimum atomic E-state index is -0.564. The first-order valence-corrected chi connectivity index (χ1v) is 9.57. The number of ether oxygens (including phenoxy) is 1. The van der Waals surface area contributed by atoms with Crippen molar-refractivity contribution in [2.45, 2.75) is 31.7 Å². The molecule has 1 fully saturated rings. The van der Waals surface area contributed by atoms with E-state index in [4.69, 9.17) is 4.74 Å². The average molecular weight is 395 g/mol. The zero-order chi connectivity index (χ0) is 20.2. The van der Waals surface area contributed by atoms with Crippen molar-refractivity contribution in [3.63, 3.8) is 0 Å². The second kappa shape index (κ2) is 8.30. The number of hydrogen-bond donors (Lipinski definition) is 2. The van der Waals surface area contributed by atoms with Crippen molar-refractivity contribution in [1.82, 2.24) is 20.1 Å². The number of nitrogens with zero attached hydrogens (tertiary/aromatic N) is 3. The highest BCUT2D eigenvalue weighted by Crippen LogP contribution is 2.28. The zero-order valence-corrected chi connectivity index (χ0v) is 16.1. The lowest BCUT2D eigenvalue weighted by atomic mass is 10.2. The maximum atomic E-state index is 14.4. The third kappa shape index (κ3) is 4.71. The number of anilines is 1. The van der Waals surface area contributed by atoms with Gasteiger partial charge in [0.15, 0.2) is 0 Å². The van der Waals surface area contributed by atoms with E-state index < -0.39 is 5.82 Å². The predicted octanol–water partition coefficient (Wildman–Crippen LogP) is 4.48. The molecule has 0 unspecified atom stereocenters. The molecule has 0 bridgehead atoms. The van der Waals surface area contributed by atoms with E-state index in [9.17, 15) is 9.18 Å². The number of hydrogen-bond acceptors (Lipinski definition) is 4. The average Bonchev–Trinajstić information content (AvgIpc) is 3.36. The number of benzene rings is 1. The number of urea groups is 1. The van der Waals surface area contributed by atoms with Crippen LogP contribution in [0.2, 0.25) is 0 Å². The summed E-state index contributed by atoms with van der Waals surface area (Å²) < 4.78 is 21.9. The number of halogens is 1. The van der Waals surface area contributed by atoms with Gasteiger partial charge in [0.1, 0.15) is 17.3 Å². The number of aryl methyl sites for hydroxylation is 1. The van der Waals surface area contributed by atoms with Crippen LogP contribution in [-0.2, 0) is 7.05 Å². The lowest BCUT2D eigenvalue weighted by molar-refractivity contribution is 0.248. The van der Waals surface area contributed by atoms with Gasteiger partial charge in [-0.1, -0.05) is 12.8 Å². The molecule has 1 aliphatic carbocycles. The van der Waals surface area contributed by atoms with Crippen molar-refractivity contribution in [1.29, 1.82) is 0 Å². The van der Waals surface area contributed by atoms with Gasteiger partial charge in [0.2, 0.25) is 0 Å². The Hall–Kier alpha value is -3.42. The molecule has 1 aliphatic rings. The first-order chi connectivity index (χ1) is 14.1. The van der Waals surface area contributed by atoms with Crippen LogP contribution in [0.5, 0.6) is 11.5 Å². The number of carbonyl (C=O) groups excluding carboxylic acids is 1. The maximum Gasteiger partial charge on any atom is 0.319 e. The summed E-state index contributed by atoms with van der Waals surface area (Å²) in [5, 5.41) is 9.56. The maximum absolute atomic E-state index is 14.4. The Morgan fingerprint density at radius 2 is 2.00 bits per heavy atom. The van der Waals surface area contributed by atoms with E-state index in [2.05, 4.69) is 20.7 Å². The minimum absolute atomic E-state index is 0.110. The Bertz CT molecular complexity index is 1010. The fourth-order valence-corrected chi connectivity index (χ4v) is 3.40. The van der Waals surface area contributed by atoms with Gasteiger partial charge in [-0.05, 0) is 31.0 Å². The molecule has 3 aromatic rings. The highest BCUT2D eigenvalue weighted by Gasteiger charge is 2.18. The second-order valence-electron chi connectivity index (χ2n) is 7.10. The Balaban J connectivity index is 1.42. The van der Waals surface area contributed by atoms with Crippen molar-refractivity contribution in [2.75, 3.05) is 5.32 Å². The molecule has 4 rings (SSSR count). The van der Waals surface area contributed by atoms with Crippen molar-refractivity contribution in [3.05, 3.63) is 54.7 Å². The molecule has 0 saturated heterocycles. The summed E-state index contributed by atoms with van der Waals surface area (Å²) in [4.78, 5) is 16.3. The molecule has 2 N–H and O–H groups in total. The molecule has 0 atom stereocenters. The van der Waals surface area contributed by atoms with Gasteiger partial charge >= 0.3 is 6.03 Å². The minimum Gasteiger partial charge on any atom is -0.457 e. The summed E-state index contributed by atoms with van der Waals surface area (Å²) in [6.07, 6.45) is 9.35. The van der Waals surface area contributed by atoms with Crippen LogP contribution in [0.1, 0.15) is 25.7 Å². The largest absolute Gasteiger partial charge is 0.457 e. The monoisotopic (exact) mass is 395 g/mol. The van der Waals surface area contributed by atoms with E-state index in [1.807, 2.05) is 13.2 Å². The molecule has 150 valence electrons. The number of rotatable bonds is 5. The summed E-state index contributed by atoms with van der Waals surface area (Å²) in [7, 11) is 1.83. The fourth-order valence-electron chi connectivity index (χ4n) is 3.40. The summed E-state index contributed by atoms with van der Waals surface area (Å²) in [5.74, 6) is 0.288. The number of aromatic nitrogens is 3. The topological polar surface area (TPSA) is 81.1 Å². The van der Waals surface area contributed by atoms with Gasteiger partial charge in [-0.15, -0.1) is 0 Å². The van der Waals surface area contributed by atoms with Crippen LogP contribution in [0.25, 0.3) is 11.3 Å². The van der Waals surface area contributed by atoms with Crippen LogP contribution >= 0.6 is 0 Å². The lowest BCUT2D eigenvalue weighted by Gasteiger charge is -2.14. The van der Waals surface area contributed by atoms with Crippen molar-refractivity contribution < 1.29 is 13.9 Å². The standard InChI is InChI=1S/C21H22FN5O2/c1-27-13-14(12-24-27)20-11-17(8-9-23-20)29-16-6-7-19(18(22)10-16)26-21(28)25-15-4-2-3-5-15/h6-13,15H,2-5H2,1H3,(H2,25,26,28). The molecule has 1 aromatic carbocycles.